The zero-order valence-electron chi connectivity index (χ0n) is 23.6. The Hall–Kier alpha value is -3.40. The van der Waals surface area contributed by atoms with Gasteiger partial charge >= 0.3 is 0 Å². The second-order valence-corrected chi connectivity index (χ2v) is 17.8. The zero-order valence-corrected chi connectivity index (χ0v) is 25.5. The van der Waals surface area contributed by atoms with Crippen molar-refractivity contribution in [3.8, 4) is 17.3 Å². The Bertz CT molecular complexity index is 1660. The summed E-state index contributed by atoms with van der Waals surface area (Å²) < 4.78 is 14.9. The molecule has 0 N–H and O–H groups in total. The Balaban J connectivity index is 1.49. The quantitative estimate of drug-likeness (QED) is 0.119. The highest BCUT2D eigenvalue weighted by Gasteiger charge is 2.19. The molecular weight excluding hydrogens is 537 g/mol. The number of aryl methyl sites for hydroxylation is 2. The van der Waals surface area contributed by atoms with Gasteiger partial charge in [0.05, 0.1) is 22.2 Å². The van der Waals surface area contributed by atoms with Crippen LogP contribution in [-0.2, 0) is 24.3 Å². The van der Waals surface area contributed by atoms with Crippen molar-refractivity contribution in [2.75, 3.05) is 13.2 Å². The van der Waals surface area contributed by atoms with Crippen LogP contribution in [0.15, 0.2) is 65.2 Å². The minimum Gasteiger partial charge on any atom is -0.494 e. The van der Waals surface area contributed by atoms with Crippen molar-refractivity contribution in [2.24, 2.45) is 0 Å². The predicted molar refractivity (Wildman–Crippen MR) is 166 cm³/mol. The van der Waals surface area contributed by atoms with Crippen molar-refractivity contribution >= 4 is 40.4 Å². The number of ether oxygens (including phenoxy) is 2. The zero-order chi connectivity index (χ0) is 28.1. The van der Waals surface area contributed by atoms with Gasteiger partial charge in [0.25, 0.3) is 5.56 Å². The Morgan fingerprint density at radius 1 is 1.05 bits per heavy atom. The van der Waals surface area contributed by atoms with Crippen LogP contribution in [0.3, 0.4) is 0 Å². The lowest BCUT2D eigenvalue weighted by molar-refractivity contribution is 0.0856. The number of pyridine rings is 2. The maximum atomic E-state index is 14.0. The fourth-order valence-corrected chi connectivity index (χ4v) is 6.07. The number of benzene rings is 1. The number of aromatic nitrogens is 4. The lowest BCUT2D eigenvalue weighted by Gasteiger charge is -2.18. The van der Waals surface area contributed by atoms with Gasteiger partial charge < -0.3 is 9.47 Å². The molecule has 0 aliphatic carbocycles. The van der Waals surface area contributed by atoms with E-state index in [1.807, 2.05) is 54.3 Å². The smallest absolute Gasteiger partial charge is 0.263 e. The summed E-state index contributed by atoms with van der Waals surface area (Å²) in [6.07, 6.45) is 7.97. The molecule has 0 radical (unpaired) electrons. The van der Waals surface area contributed by atoms with Gasteiger partial charge in [-0.05, 0) is 83.6 Å². The molecule has 1 aromatic carbocycles. The van der Waals surface area contributed by atoms with Crippen molar-refractivity contribution in [2.45, 2.75) is 58.6 Å². The summed E-state index contributed by atoms with van der Waals surface area (Å²) in [6.45, 7) is 10.3. The molecule has 0 spiro atoms. The van der Waals surface area contributed by atoms with Crippen LogP contribution in [0.4, 0.5) is 0 Å². The minimum atomic E-state index is -1.27. The van der Waals surface area contributed by atoms with Crippen molar-refractivity contribution < 1.29 is 9.47 Å². The Morgan fingerprint density at radius 3 is 2.65 bits per heavy atom. The first kappa shape index (κ1) is 28.1. The van der Waals surface area contributed by atoms with E-state index in [1.165, 1.54) is 5.56 Å². The van der Waals surface area contributed by atoms with E-state index >= 15 is 0 Å². The summed E-state index contributed by atoms with van der Waals surface area (Å²) in [7, 11) is -1.27. The Kier molecular flexibility index (Phi) is 8.73. The summed E-state index contributed by atoms with van der Waals surface area (Å²) in [6, 6.07) is 13.0. The number of hydrogen-bond acceptors (Lipinski definition) is 7. The fraction of sp³-hybridized carbons (Fsp3) is 0.355. The lowest BCUT2D eigenvalue weighted by Crippen LogP contribution is -2.27. The molecule has 4 heterocycles. The molecule has 0 atom stereocenters. The van der Waals surface area contributed by atoms with Gasteiger partial charge in [0.2, 0.25) is 0 Å². The third-order valence-electron chi connectivity index (χ3n) is 6.91. The molecule has 40 heavy (non-hydrogen) atoms. The summed E-state index contributed by atoms with van der Waals surface area (Å²) in [5.41, 5.74) is 3.42. The number of nitrogens with zero attached hydrogens (tertiary/aromatic N) is 4. The van der Waals surface area contributed by atoms with Gasteiger partial charge in [-0.2, -0.15) is 0 Å². The van der Waals surface area contributed by atoms with E-state index in [1.54, 1.807) is 15.9 Å². The molecular formula is C31H36N4O3SSi. The normalized spacial score (nSPS) is 11.9. The van der Waals surface area contributed by atoms with Gasteiger partial charge in [-0.1, -0.05) is 26.6 Å². The Morgan fingerprint density at radius 2 is 1.88 bits per heavy atom. The van der Waals surface area contributed by atoms with Crippen molar-refractivity contribution in [3.63, 3.8) is 0 Å². The number of hydrogen-bond donors (Lipinski definition) is 0. The molecule has 9 heteroatoms. The van der Waals surface area contributed by atoms with Gasteiger partial charge in [-0.25, -0.2) is 4.98 Å². The van der Waals surface area contributed by atoms with Gasteiger partial charge in [-0.3, -0.25) is 19.3 Å². The molecule has 0 saturated heterocycles. The first-order valence-electron chi connectivity index (χ1n) is 13.8. The molecule has 0 aliphatic heterocycles. The number of fused-ring (bicyclic) bond motifs is 2. The highest BCUT2D eigenvalue weighted by Crippen LogP contribution is 2.28. The lowest BCUT2D eigenvalue weighted by atomic mass is 10.1. The van der Waals surface area contributed by atoms with Crippen molar-refractivity contribution in [1.29, 1.82) is 0 Å². The van der Waals surface area contributed by atoms with E-state index in [9.17, 15) is 4.79 Å². The molecule has 0 aliphatic rings. The molecule has 0 unspecified atom stereocenters. The largest absolute Gasteiger partial charge is 0.494 e. The summed E-state index contributed by atoms with van der Waals surface area (Å²) in [5, 5.41) is 3.67. The molecule has 0 saturated carbocycles. The molecule has 5 rings (SSSR count). The second kappa shape index (κ2) is 12.4. The predicted octanol–water partition coefficient (Wildman–Crippen LogP) is 6.95. The first-order valence-corrected chi connectivity index (χ1v) is 18.4. The monoisotopic (exact) mass is 572 g/mol. The molecule has 208 valence electrons. The summed E-state index contributed by atoms with van der Waals surface area (Å²) in [4.78, 5) is 27.8. The highest BCUT2D eigenvalue weighted by atomic mass is 32.1. The van der Waals surface area contributed by atoms with Crippen LogP contribution in [0.25, 0.3) is 32.5 Å². The SMILES string of the molecule is CCc1cc(OCCCc2ccncc2)cc2c(=O)n(COCC[Si](C)(C)C)c(-c3cc4ccsc4cn3)nc12. The van der Waals surface area contributed by atoms with Crippen LogP contribution in [-0.4, -0.2) is 40.8 Å². The standard InChI is InChI=1S/C31H36N4O3SSi/c1-5-23-17-25(38-13-6-7-22-8-11-32-12-9-22)19-26-29(23)34-30(27-18-24-10-15-39-28(24)20-33-27)35(31(26)36)21-37-14-16-40(2,3)4/h8-12,15,17-20H,5-7,13-14,16,21H2,1-4H3. The summed E-state index contributed by atoms with van der Waals surface area (Å²) in [5.74, 6) is 1.22. The molecule has 7 nitrogen and oxygen atoms in total. The van der Waals surface area contributed by atoms with Crippen LogP contribution >= 0.6 is 11.3 Å². The molecule has 5 aromatic rings. The van der Waals surface area contributed by atoms with Gasteiger partial charge in [0.15, 0.2) is 5.82 Å². The van der Waals surface area contributed by atoms with E-state index in [0.717, 1.165) is 41.0 Å². The highest BCUT2D eigenvalue weighted by molar-refractivity contribution is 7.17. The maximum Gasteiger partial charge on any atom is 0.263 e. The molecule has 0 fully saturated rings. The van der Waals surface area contributed by atoms with Gasteiger partial charge in [0.1, 0.15) is 18.2 Å². The Labute approximate surface area is 239 Å². The van der Waals surface area contributed by atoms with Crippen LogP contribution < -0.4 is 10.3 Å². The summed E-state index contributed by atoms with van der Waals surface area (Å²) >= 11 is 1.65. The van der Waals surface area contributed by atoms with Crippen LogP contribution in [0.1, 0.15) is 24.5 Å². The third kappa shape index (κ3) is 6.66. The van der Waals surface area contributed by atoms with E-state index in [2.05, 4.69) is 42.6 Å². The van der Waals surface area contributed by atoms with Gasteiger partial charge in [-0.15, -0.1) is 11.3 Å². The van der Waals surface area contributed by atoms with E-state index < -0.39 is 8.07 Å². The van der Waals surface area contributed by atoms with E-state index in [0.29, 0.717) is 41.4 Å². The third-order valence-corrected chi connectivity index (χ3v) is 9.48. The van der Waals surface area contributed by atoms with Gasteiger partial charge in [0, 0.05) is 33.3 Å². The topological polar surface area (TPSA) is 79.1 Å². The molecule has 0 bridgehead atoms. The average Bonchev–Trinajstić information content (AvgIpc) is 3.42. The van der Waals surface area contributed by atoms with Crippen LogP contribution in [0, 0.1) is 0 Å². The number of thiophene rings is 1. The molecule has 0 amide bonds. The minimum absolute atomic E-state index is 0.128. The van der Waals surface area contributed by atoms with Crippen molar-refractivity contribution in [1.82, 2.24) is 19.5 Å². The number of rotatable bonds is 12. The van der Waals surface area contributed by atoms with E-state index in [-0.39, 0.29) is 12.3 Å². The van der Waals surface area contributed by atoms with Crippen LogP contribution in [0.5, 0.6) is 5.75 Å². The first-order chi connectivity index (χ1) is 19.3. The van der Waals surface area contributed by atoms with E-state index in [4.69, 9.17) is 14.5 Å². The van der Waals surface area contributed by atoms with Crippen LogP contribution in [0.2, 0.25) is 25.7 Å². The maximum absolute atomic E-state index is 14.0. The van der Waals surface area contributed by atoms with Crippen molar-refractivity contribution in [3.05, 3.63) is 81.8 Å². The average molecular weight is 573 g/mol. The fourth-order valence-electron chi connectivity index (χ4n) is 4.58. The second-order valence-electron chi connectivity index (χ2n) is 11.2. The molecule has 4 aromatic heterocycles.